The van der Waals surface area contributed by atoms with E-state index in [4.69, 9.17) is 9.97 Å². The molecular formula is C19H30N6. The van der Waals surface area contributed by atoms with Crippen LogP contribution in [0.2, 0.25) is 0 Å². The lowest BCUT2D eigenvalue weighted by atomic mass is 9.97. The lowest BCUT2D eigenvalue weighted by Gasteiger charge is -2.34. The van der Waals surface area contributed by atoms with Crippen LogP contribution < -0.4 is 4.90 Å². The Morgan fingerprint density at radius 1 is 1.24 bits per heavy atom. The summed E-state index contributed by atoms with van der Waals surface area (Å²) >= 11 is 0. The highest BCUT2D eigenvalue weighted by Crippen LogP contribution is 2.29. The van der Waals surface area contributed by atoms with Crippen molar-refractivity contribution in [3.63, 3.8) is 0 Å². The summed E-state index contributed by atoms with van der Waals surface area (Å²) in [4.78, 5) is 18.5. The summed E-state index contributed by atoms with van der Waals surface area (Å²) in [5, 5.41) is 0. The highest BCUT2D eigenvalue weighted by molar-refractivity contribution is 5.44. The molecule has 1 fully saturated rings. The van der Waals surface area contributed by atoms with Gasteiger partial charge in [0.25, 0.3) is 0 Å². The molecule has 2 aromatic rings. The molecule has 136 valence electrons. The number of imidazole rings is 1. The van der Waals surface area contributed by atoms with Crippen molar-refractivity contribution in [2.75, 3.05) is 38.6 Å². The van der Waals surface area contributed by atoms with Gasteiger partial charge in [-0.2, -0.15) is 0 Å². The summed E-state index contributed by atoms with van der Waals surface area (Å²) < 4.78 is 2.34. The van der Waals surface area contributed by atoms with Crippen molar-refractivity contribution in [1.82, 2.24) is 24.4 Å². The van der Waals surface area contributed by atoms with E-state index in [-0.39, 0.29) is 0 Å². The van der Waals surface area contributed by atoms with Crippen molar-refractivity contribution >= 4 is 5.82 Å². The molecule has 0 aliphatic carbocycles. The van der Waals surface area contributed by atoms with Gasteiger partial charge in [0.1, 0.15) is 11.6 Å². The SMILES string of the molecule is Cc1cnc(C)c(N2CCC[C@H](c3nccn3CCCN(C)C)C2)n1. The number of nitrogens with zero attached hydrogens (tertiary/aromatic N) is 6. The molecule has 25 heavy (non-hydrogen) atoms. The van der Waals surface area contributed by atoms with Crippen LogP contribution in [0.25, 0.3) is 0 Å². The van der Waals surface area contributed by atoms with Gasteiger partial charge in [0.2, 0.25) is 0 Å². The lowest BCUT2D eigenvalue weighted by Crippen LogP contribution is -2.36. The van der Waals surface area contributed by atoms with Gasteiger partial charge in [-0.15, -0.1) is 0 Å². The standard InChI is InChI=1S/C19H30N6/c1-15-13-21-16(2)18(22-15)25-10-5-7-17(14-25)19-20-8-12-24(19)11-6-9-23(3)4/h8,12-13,17H,5-7,9-11,14H2,1-4H3/t17-/m0/s1. The topological polar surface area (TPSA) is 50.1 Å². The fourth-order valence-electron chi connectivity index (χ4n) is 3.63. The van der Waals surface area contributed by atoms with Crippen LogP contribution in [-0.4, -0.2) is 58.1 Å². The molecule has 3 heterocycles. The van der Waals surface area contributed by atoms with Crippen LogP contribution >= 0.6 is 0 Å². The third-order valence-electron chi connectivity index (χ3n) is 4.89. The normalized spacial score (nSPS) is 18.1. The van der Waals surface area contributed by atoms with Crippen molar-refractivity contribution in [2.45, 2.75) is 45.6 Å². The number of rotatable bonds is 6. The second kappa shape index (κ2) is 7.95. The average molecular weight is 342 g/mol. The van der Waals surface area contributed by atoms with E-state index in [9.17, 15) is 0 Å². The molecule has 0 spiro atoms. The highest BCUT2D eigenvalue weighted by Gasteiger charge is 2.26. The minimum atomic E-state index is 0.463. The molecule has 3 rings (SSSR count). The Bertz CT molecular complexity index is 693. The molecule has 1 atom stereocenters. The number of aryl methyl sites for hydroxylation is 3. The smallest absolute Gasteiger partial charge is 0.150 e. The van der Waals surface area contributed by atoms with Crippen LogP contribution in [0, 0.1) is 13.8 Å². The largest absolute Gasteiger partial charge is 0.354 e. The third kappa shape index (κ3) is 4.37. The predicted octanol–water partition coefficient (Wildman–Crippen LogP) is 2.63. The second-order valence-electron chi connectivity index (χ2n) is 7.34. The summed E-state index contributed by atoms with van der Waals surface area (Å²) in [5.74, 6) is 2.72. The van der Waals surface area contributed by atoms with E-state index in [0.29, 0.717) is 5.92 Å². The van der Waals surface area contributed by atoms with Crippen LogP contribution in [-0.2, 0) is 6.54 Å². The summed E-state index contributed by atoms with van der Waals surface area (Å²) in [6.45, 7) is 8.22. The van der Waals surface area contributed by atoms with Crippen molar-refractivity contribution in [1.29, 1.82) is 0 Å². The summed E-state index contributed by atoms with van der Waals surface area (Å²) in [7, 11) is 4.25. The molecule has 2 aromatic heterocycles. The van der Waals surface area contributed by atoms with Gasteiger partial charge in [-0.1, -0.05) is 0 Å². The molecule has 0 aromatic carbocycles. The van der Waals surface area contributed by atoms with E-state index in [1.165, 1.54) is 18.7 Å². The Kier molecular flexibility index (Phi) is 5.68. The van der Waals surface area contributed by atoms with E-state index in [2.05, 4.69) is 39.6 Å². The number of hydrogen-bond acceptors (Lipinski definition) is 5. The minimum absolute atomic E-state index is 0.463. The van der Waals surface area contributed by atoms with Crippen molar-refractivity contribution in [2.24, 2.45) is 0 Å². The maximum absolute atomic E-state index is 4.73. The van der Waals surface area contributed by atoms with Gasteiger partial charge in [-0.3, -0.25) is 4.98 Å². The molecule has 0 saturated carbocycles. The first kappa shape index (κ1) is 17.9. The molecular weight excluding hydrogens is 312 g/mol. The Labute approximate surface area is 150 Å². The van der Waals surface area contributed by atoms with Crippen LogP contribution in [0.5, 0.6) is 0 Å². The Balaban J connectivity index is 1.72. The van der Waals surface area contributed by atoms with Gasteiger partial charge >= 0.3 is 0 Å². The summed E-state index contributed by atoms with van der Waals surface area (Å²) in [5.41, 5.74) is 1.99. The zero-order valence-corrected chi connectivity index (χ0v) is 15.9. The highest BCUT2D eigenvalue weighted by atomic mass is 15.2. The predicted molar refractivity (Wildman–Crippen MR) is 101 cm³/mol. The molecule has 1 saturated heterocycles. The van der Waals surface area contributed by atoms with Crippen molar-refractivity contribution in [3.05, 3.63) is 35.8 Å². The van der Waals surface area contributed by atoms with Crippen molar-refractivity contribution in [3.8, 4) is 0 Å². The average Bonchev–Trinajstić information content (AvgIpc) is 3.05. The van der Waals surface area contributed by atoms with Crippen LogP contribution in [0.1, 0.15) is 42.4 Å². The minimum Gasteiger partial charge on any atom is -0.354 e. The Morgan fingerprint density at radius 3 is 2.88 bits per heavy atom. The van der Waals surface area contributed by atoms with E-state index in [1.807, 2.05) is 26.2 Å². The Morgan fingerprint density at radius 2 is 2.08 bits per heavy atom. The molecule has 0 bridgehead atoms. The van der Waals surface area contributed by atoms with Gasteiger partial charge in [-0.25, -0.2) is 9.97 Å². The molecule has 6 nitrogen and oxygen atoms in total. The Hall–Kier alpha value is -1.95. The lowest BCUT2D eigenvalue weighted by molar-refractivity contribution is 0.380. The number of hydrogen-bond donors (Lipinski definition) is 0. The van der Waals surface area contributed by atoms with E-state index in [1.54, 1.807) is 0 Å². The fourth-order valence-corrected chi connectivity index (χ4v) is 3.63. The third-order valence-corrected chi connectivity index (χ3v) is 4.89. The molecule has 0 N–H and O–H groups in total. The van der Waals surface area contributed by atoms with E-state index in [0.717, 1.165) is 49.8 Å². The van der Waals surface area contributed by atoms with Gasteiger partial charge in [0, 0.05) is 44.1 Å². The van der Waals surface area contributed by atoms with Gasteiger partial charge < -0.3 is 14.4 Å². The second-order valence-corrected chi connectivity index (χ2v) is 7.34. The first-order valence-electron chi connectivity index (χ1n) is 9.25. The summed E-state index contributed by atoms with van der Waals surface area (Å²) in [6, 6.07) is 0. The fraction of sp³-hybridized carbons (Fsp3) is 0.632. The molecule has 6 heteroatoms. The van der Waals surface area contributed by atoms with Crippen LogP contribution in [0.3, 0.4) is 0 Å². The zero-order valence-electron chi connectivity index (χ0n) is 15.9. The number of anilines is 1. The van der Waals surface area contributed by atoms with Gasteiger partial charge in [-0.05, 0) is 53.8 Å². The number of piperidine rings is 1. The van der Waals surface area contributed by atoms with Crippen LogP contribution in [0.15, 0.2) is 18.6 Å². The molecule has 0 amide bonds. The molecule has 1 aliphatic heterocycles. The zero-order chi connectivity index (χ0) is 17.8. The monoisotopic (exact) mass is 342 g/mol. The van der Waals surface area contributed by atoms with Crippen molar-refractivity contribution < 1.29 is 0 Å². The van der Waals surface area contributed by atoms with Gasteiger partial charge in [0.15, 0.2) is 0 Å². The van der Waals surface area contributed by atoms with E-state index < -0.39 is 0 Å². The van der Waals surface area contributed by atoms with Crippen LogP contribution in [0.4, 0.5) is 5.82 Å². The number of aromatic nitrogens is 4. The quantitative estimate of drug-likeness (QED) is 0.808. The van der Waals surface area contributed by atoms with E-state index >= 15 is 0 Å². The molecule has 0 radical (unpaired) electrons. The summed E-state index contributed by atoms with van der Waals surface area (Å²) in [6.07, 6.45) is 9.43. The van der Waals surface area contributed by atoms with Gasteiger partial charge in [0.05, 0.1) is 11.4 Å². The maximum atomic E-state index is 4.73. The first-order chi connectivity index (χ1) is 12.0. The molecule has 0 unspecified atom stereocenters. The first-order valence-corrected chi connectivity index (χ1v) is 9.25. The maximum Gasteiger partial charge on any atom is 0.150 e. The molecule has 1 aliphatic rings.